The lowest BCUT2D eigenvalue weighted by Gasteiger charge is -2.27. The maximum atomic E-state index is 12.3. The van der Waals surface area contributed by atoms with E-state index in [1.807, 2.05) is 27.7 Å². The normalized spacial score (nSPS) is 14.8. The third kappa shape index (κ3) is 3.05. The van der Waals surface area contributed by atoms with Crippen molar-refractivity contribution in [2.24, 2.45) is 12.5 Å². The van der Waals surface area contributed by atoms with E-state index in [9.17, 15) is 8.42 Å². The second-order valence-electron chi connectivity index (χ2n) is 5.54. The highest BCUT2D eigenvalue weighted by Gasteiger charge is 2.30. The maximum Gasteiger partial charge on any atom is 0.245 e. The molecule has 1 rings (SSSR count). The van der Waals surface area contributed by atoms with Crippen LogP contribution >= 0.6 is 11.6 Å². The monoisotopic (exact) mass is 293 g/mol. The first-order chi connectivity index (χ1) is 7.97. The first kappa shape index (κ1) is 15.5. The van der Waals surface area contributed by atoms with Crippen LogP contribution in [0.3, 0.4) is 0 Å². The van der Waals surface area contributed by atoms with Crippen molar-refractivity contribution in [3.05, 3.63) is 10.8 Å². The standard InChI is InChI=1S/C11H20ClN3O2S/c1-7-9(10(12)15(6)13-7)18(16,17)14-8(2)11(3,4)5/h8,14H,1-6H3. The minimum Gasteiger partial charge on any atom is -0.255 e. The molecule has 1 N–H and O–H groups in total. The Morgan fingerprint density at radius 3 is 2.22 bits per heavy atom. The molecule has 18 heavy (non-hydrogen) atoms. The Kier molecular flexibility index (Phi) is 4.15. The molecule has 0 radical (unpaired) electrons. The zero-order chi connectivity index (χ0) is 14.3. The van der Waals surface area contributed by atoms with Gasteiger partial charge in [-0.15, -0.1) is 0 Å². The van der Waals surface area contributed by atoms with Crippen molar-refractivity contribution in [3.8, 4) is 0 Å². The van der Waals surface area contributed by atoms with Gasteiger partial charge in [-0.3, -0.25) is 4.68 Å². The molecule has 0 aliphatic heterocycles. The van der Waals surface area contributed by atoms with Crippen LogP contribution in [0.5, 0.6) is 0 Å². The van der Waals surface area contributed by atoms with Crippen molar-refractivity contribution in [2.45, 2.75) is 45.6 Å². The number of halogens is 1. The molecular formula is C11H20ClN3O2S. The lowest BCUT2D eigenvalue weighted by Crippen LogP contribution is -2.41. The predicted octanol–water partition coefficient (Wildman–Crippen LogP) is 2.09. The van der Waals surface area contributed by atoms with E-state index in [0.717, 1.165) is 0 Å². The van der Waals surface area contributed by atoms with E-state index in [1.54, 1.807) is 14.0 Å². The van der Waals surface area contributed by atoms with E-state index >= 15 is 0 Å². The van der Waals surface area contributed by atoms with Gasteiger partial charge in [-0.1, -0.05) is 32.4 Å². The van der Waals surface area contributed by atoms with Gasteiger partial charge in [0, 0.05) is 13.1 Å². The highest BCUT2D eigenvalue weighted by atomic mass is 35.5. The Labute approximate surface area is 114 Å². The summed E-state index contributed by atoms with van der Waals surface area (Å²) in [7, 11) is -2.04. The third-order valence-corrected chi connectivity index (χ3v) is 5.24. The number of rotatable bonds is 3. The van der Waals surface area contributed by atoms with Crippen LogP contribution in [-0.4, -0.2) is 24.2 Å². The summed E-state index contributed by atoms with van der Waals surface area (Å²) in [4.78, 5) is 0.0581. The molecule has 1 aromatic heterocycles. The van der Waals surface area contributed by atoms with Crippen molar-refractivity contribution in [1.82, 2.24) is 14.5 Å². The van der Waals surface area contributed by atoms with Gasteiger partial charge in [0.25, 0.3) is 0 Å². The van der Waals surface area contributed by atoms with Crippen molar-refractivity contribution in [2.75, 3.05) is 0 Å². The molecule has 1 heterocycles. The number of hydrogen-bond acceptors (Lipinski definition) is 3. The topological polar surface area (TPSA) is 64.0 Å². The summed E-state index contributed by atoms with van der Waals surface area (Å²) >= 11 is 5.98. The zero-order valence-electron chi connectivity index (χ0n) is 11.6. The predicted molar refractivity (Wildman–Crippen MR) is 72.2 cm³/mol. The minimum absolute atomic E-state index is 0.0581. The molecule has 0 bridgehead atoms. The van der Waals surface area contributed by atoms with Gasteiger partial charge in [0.05, 0.1) is 5.69 Å². The van der Waals surface area contributed by atoms with Crippen molar-refractivity contribution >= 4 is 21.6 Å². The minimum atomic E-state index is -3.65. The third-order valence-electron chi connectivity index (χ3n) is 3.00. The van der Waals surface area contributed by atoms with Crippen LogP contribution in [0.2, 0.25) is 5.15 Å². The summed E-state index contributed by atoms with van der Waals surface area (Å²) in [5.74, 6) is 0. The van der Waals surface area contributed by atoms with Gasteiger partial charge in [-0.2, -0.15) is 5.10 Å². The Balaban J connectivity index is 3.16. The Morgan fingerprint density at radius 1 is 1.39 bits per heavy atom. The number of aromatic nitrogens is 2. The van der Waals surface area contributed by atoms with E-state index in [-0.39, 0.29) is 21.5 Å². The molecule has 7 heteroatoms. The fourth-order valence-corrected chi connectivity index (χ4v) is 3.58. The molecule has 104 valence electrons. The number of nitrogens with zero attached hydrogens (tertiary/aromatic N) is 2. The highest BCUT2D eigenvalue weighted by molar-refractivity contribution is 7.89. The van der Waals surface area contributed by atoms with Gasteiger partial charge in [0.15, 0.2) is 0 Å². The highest BCUT2D eigenvalue weighted by Crippen LogP contribution is 2.26. The molecule has 1 atom stereocenters. The zero-order valence-corrected chi connectivity index (χ0v) is 13.1. The van der Waals surface area contributed by atoms with Crippen LogP contribution in [0.1, 0.15) is 33.4 Å². The molecular weight excluding hydrogens is 274 g/mol. The summed E-state index contributed by atoms with van der Waals surface area (Å²) in [6.45, 7) is 9.37. The van der Waals surface area contributed by atoms with Crippen LogP contribution in [0.4, 0.5) is 0 Å². The Morgan fingerprint density at radius 2 is 1.89 bits per heavy atom. The van der Waals surface area contributed by atoms with E-state index in [1.165, 1.54) is 4.68 Å². The lowest BCUT2D eigenvalue weighted by molar-refractivity contribution is 0.317. The molecule has 0 saturated heterocycles. The SMILES string of the molecule is Cc1nn(C)c(Cl)c1S(=O)(=O)NC(C)C(C)(C)C. The molecule has 0 saturated carbocycles. The van der Waals surface area contributed by atoms with Gasteiger partial charge >= 0.3 is 0 Å². The smallest absolute Gasteiger partial charge is 0.245 e. The van der Waals surface area contributed by atoms with Crippen LogP contribution < -0.4 is 4.72 Å². The Hall–Kier alpha value is -0.590. The molecule has 0 spiro atoms. The molecule has 0 aromatic carbocycles. The largest absolute Gasteiger partial charge is 0.255 e. The summed E-state index contributed by atoms with van der Waals surface area (Å²) in [6, 6.07) is -0.210. The summed E-state index contributed by atoms with van der Waals surface area (Å²) < 4.78 is 28.6. The van der Waals surface area contributed by atoms with Gasteiger partial charge in [0.2, 0.25) is 10.0 Å². The van der Waals surface area contributed by atoms with Gasteiger partial charge in [-0.05, 0) is 19.3 Å². The average Bonchev–Trinajstić information content (AvgIpc) is 2.38. The molecule has 1 aromatic rings. The summed E-state index contributed by atoms with van der Waals surface area (Å²) in [5, 5.41) is 4.14. The van der Waals surface area contributed by atoms with Crippen LogP contribution in [-0.2, 0) is 17.1 Å². The van der Waals surface area contributed by atoms with E-state index in [2.05, 4.69) is 9.82 Å². The van der Waals surface area contributed by atoms with Gasteiger partial charge in [0.1, 0.15) is 10.0 Å². The summed E-state index contributed by atoms with van der Waals surface area (Å²) in [6.07, 6.45) is 0. The average molecular weight is 294 g/mol. The van der Waals surface area contributed by atoms with Crippen LogP contribution in [0, 0.1) is 12.3 Å². The number of sulfonamides is 1. The van der Waals surface area contributed by atoms with Gasteiger partial charge in [-0.25, -0.2) is 13.1 Å². The molecule has 0 fully saturated rings. The fraction of sp³-hybridized carbons (Fsp3) is 0.727. The molecule has 5 nitrogen and oxygen atoms in total. The van der Waals surface area contributed by atoms with E-state index in [0.29, 0.717) is 5.69 Å². The first-order valence-electron chi connectivity index (χ1n) is 5.68. The van der Waals surface area contributed by atoms with Gasteiger partial charge < -0.3 is 0 Å². The first-order valence-corrected chi connectivity index (χ1v) is 7.54. The summed E-state index contributed by atoms with van der Waals surface area (Å²) in [5.41, 5.74) is 0.228. The quantitative estimate of drug-likeness (QED) is 0.928. The van der Waals surface area contributed by atoms with Crippen LogP contribution in [0.15, 0.2) is 4.90 Å². The maximum absolute atomic E-state index is 12.3. The number of aryl methyl sites for hydroxylation is 2. The fourth-order valence-electron chi connectivity index (χ4n) is 1.38. The second-order valence-corrected chi connectivity index (χ2v) is 7.55. The van der Waals surface area contributed by atoms with Crippen molar-refractivity contribution < 1.29 is 8.42 Å². The number of nitrogens with one attached hydrogen (secondary N) is 1. The number of hydrogen-bond donors (Lipinski definition) is 1. The second kappa shape index (κ2) is 4.83. The Bertz CT molecular complexity index is 543. The van der Waals surface area contributed by atoms with Crippen LogP contribution in [0.25, 0.3) is 0 Å². The molecule has 0 aliphatic carbocycles. The lowest BCUT2D eigenvalue weighted by atomic mass is 9.89. The molecule has 1 unspecified atom stereocenters. The van der Waals surface area contributed by atoms with E-state index < -0.39 is 10.0 Å². The van der Waals surface area contributed by atoms with Crippen molar-refractivity contribution in [3.63, 3.8) is 0 Å². The van der Waals surface area contributed by atoms with Crippen molar-refractivity contribution in [1.29, 1.82) is 0 Å². The van der Waals surface area contributed by atoms with E-state index in [4.69, 9.17) is 11.6 Å². The molecule has 0 aliphatic rings. The molecule has 0 amide bonds.